The summed E-state index contributed by atoms with van der Waals surface area (Å²) in [6.07, 6.45) is 9.13. The predicted octanol–water partition coefficient (Wildman–Crippen LogP) is 2.21. The van der Waals surface area contributed by atoms with Crippen LogP contribution in [0.25, 0.3) is 0 Å². The molecule has 0 heterocycles. The number of carboxylic acids is 1. The summed E-state index contributed by atoms with van der Waals surface area (Å²) in [6.45, 7) is 0.339. The van der Waals surface area contributed by atoms with E-state index in [1.54, 1.807) is 12.1 Å². The van der Waals surface area contributed by atoms with Crippen LogP contribution in [0, 0.1) is 0 Å². The van der Waals surface area contributed by atoms with Gasteiger partial charge in [-0.15, -0.1) is 0 Å². The van der Waals surface area contributed by atoms with Crippen molar-refractivity contribution in [2.45, 2.75) is 55.3 Å². The fourth-order valence-electron chi connectivity index (χ4n) is 4.26. The van der Waals surface area contributed by atoms with E-state index < -0.39 is 16.0 Å². The maximum absolute atomic E-state index is 12.6. The molecule has 0 bridgehead atoms. The van der Waals surface area contributed by atoms with E-state index in [9.17, 15) is 13.2 Å². The number of aryl methyl sites for hydroxylation is 1. The third-order valence-electron chi connectivity index (χ3n) is 5.92. The third-order valence-corrected chi connectivity index (χ3v) is 7.65. The topological polar surface area (TPSA) is 83.5 Å². The van der Waals surface area contributed by atoms with Crippen LogP contribution in [0.3, 0.4) is 0 Å². The van der Waals surface area contributed by atoms with Gasteiger partial charge in [-0.25, -0.2) is 13.1 Å². The molecule has 0 fully saturated rings. The van der Waals surface area contributed by atoms with E-state index >= 15 is 0 Å². The van der Waals surface area contributed by atoms with Gasteiger partial charge in [-0.05, 0) is 73.9 Å². The molecule has 0 aliphatic heterocycles. The Balaban J connectivity index is 0.00000272. The van der Waals surface area contributed by atoms with Crippen molar-refractivity contribution in [1.82, 2.24) is 4.72 Å². The molecule has 32 heavy (non-hydrogen) atoms. The summed E-state index contributed by atoms with van der Waals surface area (Å²) in [5, 5.41) is 9.26. The van der Waals surface area contributed by atoms with Crippen molar-refractivity contribution >= 4 is 27.6 Å². The zero-order valence-corrected chi connectivity index (χ0v) is 22.0. The fourth-order valence-corrected chi connectivity index (χ4v) is 5.42. The third kappa shape index (κ3) is 7.17. The van der Waals surface area contributed by atoms with Gasteiger partial charge < -0.3 is 6.53 Å². The van der Waals surface area contributed by atoms with Crippen molar-refractivity contribution in [3.8, 4) is 0 Å². The van der Waals surface area contributed by atoms with Crippen LogP contribution in [0.1, 0.15) is 51.1 Å². The summed E-state index contributed by atoms with van der Waals surface area (Å²) in [6, 6.07) is 14.5. The number of carboxylic acid groups (broad SMARTS) is 1. The largest absolute Gasteiger partial charge is 1.00 e. The van der Waals surface area contributed by atoms with Gasteiger partial charge in [0.25, 0.3) is 0 Å². The van der Waals surface area contributed by atoms with Gasteiger partial charge in [-0.1, -0.05) is 48.0 Å². The first-order valence-electron chi connectivity index (χ1n) is 10.5. The van der Waals surface area contributed by atoms with Gasteiger partial charge in [-0.3, -0.25) is 4.79 Å². The minimum atomic E-state index is -3.60. The molecule has 0 aromatic heterocycles. The second-order valence-electron chi connectivity index (χ2n) is 8.00. The molecular formula is C24H29ClNNaO4S. The van der Waals surface area contributed by atoms with Crippen LogP contribution >= 0.6 is 11.6 Å². The number of carbonyl (C=O) groups is 1. The van der Waals surface area contributed by atoms with E-state index in [0.717, 1.165) is 25.7 Å². The Hall–Kier alpha value is -1.15. The Morgan fingerprint density at radius 2 is 1.88 bits per heavy atom. The average Bonchev–Trinajstić information content (AvgIpc) is 3.10. The molecule has 0 spiro atoms. The molecule has 0 saturated heterocycles. The molecule has 0 amide bonds. The summed E-state index contributed by atoms with van der Waals surface area (Å²) in [5.41, 5.74) is 2.49. The first kappa shape index (κ1) is 27.1. The molecule has 1 unspecified atom stereocenters. The summed E-state index contributed by atoms with van der Waals surface area (Å²) in [7, 11) is -3.60. The number of halogens is 1. The molecule has 5 nitrogen and oxygen atoms in total. The molecule has 0 saturated carbocycles. The monoisotopic (exact) mass is 485 g/mol. The van der Waals surface area contributed by atoms with Crippen molar-refractivity contribution in [3.63, 3.8) is 0 Å². The van der Waals surface area contributed by atoms with Gasteiger partial charge in [0, 0.05) is 23.4 Å². The Morgan fingerprint density at radius 1 is 1.16 bits per heavy atom. The second-order valence-corrected chi connectivity index (χ2v) is 10.2. The number of sulfonamides is 1. The van der Waals surface area contributed by atoms with Gasteiger partial charge >= 0.3 is 35.5 Å². The van der Waals surface area contributed by atoms with Crippen LogP contribution in [-0.2, 0) is 26.7 Å². The molecule has 2 N–H and O–H groups in total. The Bertz CT molecular complexity index is 1050. The first-order chi connectivity index (χ1) is 14.8. The van der Waals surface area contributed by atoms with E-state index in [4.69, 9.17) is 16.7 Å². The summed E-state index contributed by atoms with van der Waals surface area (Å²) < 4.78 is 28.0. The molecule has 2 aromatic carbocycles. The van der Waals surface area contributed by atoms with Crippen molar-refractivity contribution in [2.24, 2.45) is 0 Å². The summed E-state index contributed by atoms with van der Waals surface area (Å²) >= 11 is 5.86. The Morgan fingerprint density at radius 3 is 2.59 bits per heavy atom. The molecule has 0 radical (unpaired) electrons. The molecule has 1 aliphatic carbocycles. The van der Waals surface area contributed by atoms with Crippen LogP contribution in [0.2, 0.25) is 5.02 Å². The molecule has 168 valence electrons. The number of nitrogens with one attached hydrogen (secondary N) is 1. The number of rotatable bonds is 11. The average molecular weight is 486 g/mol. The zero-order chi connectivity index (χ0) is 22.3. The van der Waals surface area contributed by atoms with Crippen LogP contribution in [-0.4, -0.2) is 26.0 Å². The minimum Gasteiger partial charge on any atom is -1.00 e. The molecule has 3 rings (SSSR count). The number of fused-ring (bicyclic) bond motifs is 1. The van der Waals surface area contributed by atoms with Gasteiger partial charge in [0.05, 0.1) is 4.90 Å². The van der Waals surface area contributed by atoms with Gasteiger partial charge in [-0.2, -0.15) is 0 Å². The van der Waals surface area contributed by atoms with Gasteiger partial charge in [0.15, 0.2) is 0 Å². The maximum Gasteiger partial charge on any atom is 1.00 e. The molecular weight excluding hydrogens is 457 g/mol. The predicted molar refractivity (Wildman–Crippen MR) is 124 cm³/mol. The number of hydrogen-bond acceptors (Lipinski definition) is 3. The second kappa shape index (κ2) is 12.4. The van der Waals surface area contributed by atoms with Crippen LogP contribution < -0.4 is 34.3 Å². The first-order valence-corrected chi connectivity index (χ1v) is 12.4. The maximum atomic E-state index is 12.6. The van der Waals surface area contributed by atoms with Gasteiger partial charge in [0.1, 0.15) is 0 Å². The van der Waals surface area contributed by atoms with E-state index in [0.29, 0.717) is 24.4 Å². The normalized spacial score (nSPS) is 17.8. The number of allylic oxidation sites excluding steroid dienone is 2. The smallest absolute Gasteiger partial charge is 1.00 e. The van der Waals surface area contributed by atoms with Crippen molar-refractivity contribution in [3.05, 3.63) is 76.8 Å². The van der Waals surface area contributed by atoms with Gasteiger partial charge in [0.2, 0.25) is 10.0 Å². The summed E-state index contributed by atoms with van der Waals surface area (Å²) in [5.74, 6) is -0.775. The van der Waals surface area contributed by atoms with E-state index in [1.165, 1.54) is 23.3 Å². The molecule has 2 aromatic rings. The zero-order valence-electron chi connectivity index (χ0n) is 19.4. The van der Waals surface area contributed by atoms with Crippen molar-refractivity contribution in [1.29, 1.82) is 0 Å². The van der Waals surface area contributed by atoms with Crippen LogP contribution in [0.5, 0.6) is 0 Å². The number of aliphatic carboxylic acids is 1. The number of unbranched alkanes of at least 4 members (excludes halogenated alkanes) is 1. The minimum absolute atomic E-state index is 0. The van der Waals surface area contributed by atoms with E-state index in [2.05, 4.69) is 22.9 Å². The van der Waals surface area contributed by atoms with Crippen molar-refractivity contribution < 1.29 is 49.3 Å². The van der Waals surface area contributed by atoms with E-state index in [1.807, 2.05) is 18.2 Å². The van der Waals surface area contributed by atoms with Crippen molar-refractivity contribution in [2.75, 3.05) is 6.54 Å². The summed E-state index contributed by atoms with van der Waals surface area (Å²) in [4.78, 5) is 10.9. The molecule has 8 heteroatoms. The Labute approximate surface area is 219 Å². The SMILES string of the molecule is O=C(O)CCC/C=C\CC1(CCNS(=O)(=O)c2ccc(Cl)cc2)CCc2ccccc21.[H-].[Na+]. The number of hydrogen-bond donors (Lipinski definition) is 2. The Kier molecular flexibility index (Phi) is 10.5. The fraction of sp³-hybridized carbons (Fsp3) is 0.375. The molecule has 1 aliphatic rings. The van der Waals surface area contributed by atoms with Crippen LogP contribution in [0.4, 0.5) is 0 Å². The number of benzene rings is 2. The molecule has 1 atom stereocenters. The standard InChI is InChI=1S/C24H28ClNO4S.Na.H/c25-20-10-12-21(13-11-20)31(29,30)26-18-17-24(15-6-2-1-3-9-23(27)28)16-14-19-7-4-5-8-22(19)24;;/h2,4-8,10-13,26H,1,3,9,14-18H2,(H,27,28);;/q;+1;-1/b6-2-;;. The quantitative estimate of drug-likeness (QED) is 0.290. The van der Waals surface area contributed by atoms with E-state index in [-0.39, 0.29) is 47.7 Å². The van der Waals surface area contributed by atoms with Crippen LogP contribution in [0.15, 0.2) is 65.6 Å².